The fourth-order valence-corrected chi connectivity index (χ4v) is 4.97. The Morgan fingerprint density at radius 2 is 1.92 bits per heavy atom. The van der Waals surface area contributed by atoms with E-state index in [0.717, 1.165) is 31.4 Å². The molecule has 6 heteroatoms. The molecule has 3 fully saturated rings. The fourth-order valence-electron chi connectivity index (χ4n) is 4.97. The minimum Gasteiger partial charge on any atom is -0.495 e. The summed E-state index contributed by atoms with van der Waals surface area (Å²) in [6, 6.07) is 7.90. The molecule has 2 bridgehead atoms. The largest absolute Gasteiger partial charge is 0.495 e. The number of aliphatic hydroxyl groups is 1. The third kappa shape index (κ3) is 2.86. The van der Waals surface area contributed by atoms with Gasteiger partial charge in [0.2, 0.25) is 11.8 Å². The van der Waals surface area contributed by atoms with Crippen LogP contribution in [0.4, 0.5) is 5.69 Å². The predicted molar refractivity (Wildman–Crippen MR) is 96.9 cm³/mol. The average molecular weight is 358 g/mol. The van der Waals surface area contributed by atoms with Gasteiger partial charge in [-0.25, -0.2) is 0 Å². The second-order valence-electron chi connectivity index (χ2n) is 7.73. The molecule has 6 nitrogen and oxygen atoms in total. The van der Waals surface area contributed by atoms with Crippen molar-refractivity contribution in [2.45, 2.75) is 44.2 Å². The number of methoxy groups -OCH3 is 1. The lowest BCUT2D eigenvalue weighted by Gasteiger charge is -2.39. The van der Waals surface area contributed by atoms with Crippen molar-refractivity contribution < 1.29 is 19.4 Å². The van der Waals surface area contributed by atoms with E-state index in [2.05, 4.69) is 0 Å². The second-order valence-corrected chi connectivity index (χ2v) is 7.73. The number of carbonyl (C=O) groups excluding carboxylic acids is 2. The summed E-state index contributed by atoms with van der Waals surface area (Å²) < 4.78 is 5.37. The minimum atomic E-state index is -0.291. The van der Waals surface area contributed by atoms with E-state index in [1.165, 1.54) is 0 Å². The molecule has 2 amide bonds. The fraction of sp³-hybridized carbons (Fsp3) is 0.600. The summed E-state index contributed by atoms with van der Waals surface area (Å²) in [4.78, 5) is 29.5. The summed E-state index contributed by atoms with van der Waals surface area (Å²) in [5, 5.41) is 9.47. The van der Waals surface area contributed by atoms with E-state index in [1.807, 2.05) is 29.2 Å². The van der Waals surface area contributed by atoms with Crippen LogP contribution in [0, 0.1) is 11.8 Å². The number of ether oxygens (including phenoxy) is 1. The van der Waals surface area contributed by atoms with Crippen molar-refractivity contribution in [2.75, 3.05) is 25.2 Å². The zero-order valence-corrected chi connectivity index (χ0v) is 15.1. The van der Waals surface area contributed by atoms with Crippen LogP contribution in [0.2, 0.25) is 0 Å². The number of piperidine rings is 1. The van der Waals surface area contributed by atoms with Crippen molar-refractivity contribution >= 4 is 17.5 Å². The lowest BCUT2D eigenvalue weighted by atomic mass is 9.90. The van der Waals surface area contributed by atoms with Gasteiger partial charge in [-0.15, -0.1) is 0 Å². The van der Waals surface area contributed by atoms with E-state index in [1.54, 1.807) is 12.0 Å². The molecule has 4 rings (SSSR count). The average Bonchev–Trinajstić information content (AvgIpc) is 3.18. The molecular weight excluding hydrogens is 332 g/mol. The molecule has 2 unspecified atom stereocenters. The monoisotopic (exact) mass is 358 g/mol. The lowest BCUT2D eigenvalue weighted by Crippen LogP contribution is -2.49. The highest BCUT2D eigenvalue weighted by atomic mass is 16.5. The summed E-state index contributed by atoms with van der Waals surface area (Å²) in [6.07, 6.45) is 4.06. The minimum absolute atomic E-state index is 0.0227. The Labute approximate surface area is 153 Å². The van der Waals surface area contributed by atoms with Crippen LogP contribution in [0.3, 0.4) is 0 Å². The van der Waals surface area contributed by atoms with Gasteiger partial charge in [0, 0.05) is 31.7 Å². The number of aliphatic hydroxyl groups excluding tert-OH is 1. The Balaban J connectivity index is 1.50. The maximum Gasteiger partial charge on any atom is 0.228 e. The number of carbonyl (C=O) groups is 2. The molecule has 0 radical (unpaired) electrons. The van der Waals surface area contributed by atoms with Crippen molar-refractivity contribution in [1.82, 2.24) is 4.90 Å². The van der Waals surface area contributed by atoms with Crippen molar-refractivity contribution in [2.24, 2.45) is 11.8 Å². The van der Waals surface area contributed by atoms with Crippen LogP contribution >= 0.6 is 0 Å². The topological polar surface area (TPSA) is 70.1 Å². The number of fused-ring (bicyclic) bond motifs is 2. The Morgan fingerprint density at radius 1 is 1.23 bits per heavy atom. The molecule has 1 N–H and O–H groups in total. The van der Waals surface area contributed by atoms with Crippen LogP contribution in [0.5, 0.6) is 5.75 Å². The maximum atomic E-state index is 13.2. The second kappa shape index (κ2) is 6.91. The highest BCUT2D eigenvalue weighted by molar-refractivity contribution is 6.01. The first-order valence-electron chi connectivity index (χ1n) is 9.48. The van der Waals surface area contributed by atoms with Gasteiger partial charge in [0.1, 0.15) is 5.75 Å². The van der Waals surface area contributed by atoms with Gasteiger partial charge in [-0.3, -0.25) is 9.59 Å². The first kappa shape index (κ1) is 17.3. The normalized spacial score (nSPS) is 30.8. The van der Waals surface area contributed by atoms with Crippen molar-refractivity contribution in [3.8, 4) is 5.75 Å². The van der Waals surface area contributed by atoms with Crippen LogP contribution in [0.15, 0.2) is 24.3 Å². The van der Waals surface area contributed by atoms with Crippen molar-refractivity contribution in [3.63, 3.8) is 0 Å². The van der Waals surface area contributed by atoms with E-state index in [4.69, 9.17) is 4.74 Å². The SMILES string of the molecule is COc1ccccc1N1CC(C(=O)N2[C@@H]3CC[C@H]2CC(CO)C3)CC1=O. The van der Waals surface area contributed by atoms with E-state index in [0.29, 0.717) is 18.2 Å². The lowest BCUT2D eigenvalue weighted by molar-refractivity contribution is -0.141. The Kier molecular flexibility index (Phi) is 4.61. The van der Waals surface area contributed by atoms with Crippen LogP contribution < -0.4 is 9.64 Å². The van der Waals surface area contributed by atoms with Gasteiger partial charge in [0.25, 0.3) is 0 Å². The zero-order valence-electron chi connectivity index (χ0n) is 15.1. The molecule has 0 spiro atoms. The zero-order chi connectivity index (χ0) is 18.3. The van der Waals surface area contributed by atoms with Gasteiger partial charge in [0.05, 0.1) is 18.7 Å². The highest BCUT2D eigenvalue weighted by Crippen LogP contribution is 2.41. The van der Waals surface area contributed by atoms with Gasteiger partial charge in [0.15, 0.2) is 0 Å². The number of rotatable bonds is 4. The van der Waals surface area contributed by atoms with Gasteiger partial charge in [-0.2, -0.15) is 0 Å². The third-order valence-corrected chi connectivity index (χ3v) is 6.19. The standard InChI is InChI=1S/C20H26N2O4/c1-26-18-5-3-2-4-17(18)21-11-14(10-19(21)24)20(25)22-15-6-7-16(22)9-13(8-15)12-23/h2-5,13-16,23H,6-12H2,1H3/t13?,14?,15-,16+. The number of nitrogens with zero attached hydrogens (tertiary/aromatic N) is 2. The van der Waals surface area contributed by atoms with E-state index in [9.17, 15) is 14.7 Å². The van der Waals surface area contributed by atoms with E-state index < -0.39 is 0 Å². The molecule has 3 aliphatic rings. The van der Waals surface area contributed by atoms with Crippen molar-refractivity contribution in [1.29, 1.82) is 0 Å². The molecule has 3 heterocycles. The molecule has 3 saturated heterocycles. The number of benzene rings is 1. The molecule has 4 atom stereocenters. The molecule has 0 aromatic heterocycles. The van der Waals surface area contributed by atoms with Gasteiger partial charge in [-0.05, 0) is 43.7 Å². The smallest absolute Gasteiger partial charge is 0.228 e. The van der Waals surface area contributed by atoms with Gasteiger partial charge >= 0.3 is 0 Å². The van der Waals surface area contributed by atoms with Gasteiger partial charge < -0.3 is 19.6 Å². The van der Waals surface area contributed by atoms with Crippen LogP contribution in [-0.4, -0.2) is 54.2 Å². The summed E-state index contributed by atoms with van der Waals surface area (Å²) in [7, 11) is 1.59. The Morgan fingerprint density at radius 3 is 2.58 bits per heavy atom. The molecule has 3 aliphatic heterocycles. The number of anilines is 1. The number of amides is 2. The van der Waals surface area contributed by atoms with Crippen LogP contribution in [-0.2, 0) is 9.59 Å². The first-order valence-corrected chi connectivity index (χ1v) is 9.48. The molecule has 0 aliphatic carbocycles. The van der Waals surface area contributed by atoms with Crippen molar-refractivity contribution in [3.05, 3.63) is 24.3 Å². The summed E-state index contributed by atoms with van der Waals surface area (Å²) in [6.45, 7) is 0.621. The highest BCUT2D eigenvalue weighted by Gasteiger charge is 2.47. The predicted octanol–water partition coefficient (Wildman–Crippen LogP) is 1.81. The van der Waals surface area contributed by atoms with Gasteiger partial charge in [-0.1, -0.05) is 12.1 Å². The molecule has 0 saturated carbocycles. The number of hydrogen-bond donors (Lipinski definition) is 1. The summed E-state index contributed by atoms with van der Waals surface area (Å²) in [5.41, 5.74) is 0.734. The summed E-state index contributed by atoms with van der Waals surface area (Å²) >= 11 is 0. The Hall–Kier alpha value is -2.08. The molecule has 1 aromatic rings. The maximum absolute atomic E-state index is 13.2. The molecule has 1 aromatic carbocycles. The summed E-state index contributed by atoms with van der Waals surface area (Å²) in [5.74, 6) is 0.760. The number of hydrogen-bond acceptors (Lipinski definition) is 4. The third-order valence-electron chi connectivity index (χ3n) is 6.19. The quantitative estimate of drug-likeness (QED) is 0.891. The molecule has 26 heavy (non-hydrogen) atoms. The first-order chi connectivity index (χ1) is 12.6. The van der Waals surface area contributed by atoms with Crippen LogP contribution in [0.25, 0.3) is 0 Å². The van der Waals surface area contributed by atoms with E-state index in [-0.39, 0.29) is 42.8 Å². The van der Waals surface area contributed by atoms with E-state index >= 15 is 0 Å². The molecule has 140 valence electrons. The molecular formula is C20H26N2O4. The Bertz CT molecular complexity index is 693. The van der Waals surface area contributed by atoms with Crippen LogP contribution in [0.1, 0.15) is 32.1 Å². The number of para-hydroxylation sites is 2.